The van der Waals surface area contributed by atoms with E-state index in [1.807, 2.05) is 30.6 Å². The topological polar surface area (TPSA) is 114 Å². The van der Waals surface area contributed by atoms with Crippen LogP contribution in [-0.2, 0) is 4.79 Å². The zero-order valence-corrected chi connectivity index (χ0v) is 35.0. The first-order chi connectivity index (χ1) is 28.8. The molecule has 4 saturated heterocycles. The van der Waals surface area contributed by atoms with Crippen molar-refractivity contribution in [2.75, 3.05) is 76.3 Å². The summed E-state index contributed by atoms with van der Waals surface area (Å²) in [5, 5.41) is 6.85. The van der Waals surface area contributed by atoms with Crippen LogP contribution in [0, 0.1) is 13.8 Å². The van der Waals surface area contributed by atoms with Gasteiger partial charge in [0.25, 0.3) is 0 Å². The monoisotopic (exact) mass is 827 g/mol. The molecule has 324 valence electrons. The lowest BCUT2D eigenvalue weighted by Crippen LogP contribution is -2.44. The molecule has 13 heteroatoms. The highest BCUT2D eigenvalue weighted by molar-refractivity contribution is 5.81. The van der Waals surface area contributed by atoms with Crippen LogP contribution in [0.3, 0.4) is 0 Å². The minimum Gasteiger partial charge on any atom is -0.355 e. The van der Waals surface area contributed by atoms with Gasteiger partial charge in [-0.3, -0.25) is 33.4 Å². The number of nitrogens with zero attached hydrogens (tertiary/aromatic N) is 10. The second kappa shape index (κ2) is 19.2. The van der Waals surface area contributed by atoms with E-state index in [2.05, 4.69) is 127 Å². The van der Waals surface area contributed by atoms with Crippen molar-refractivity contribution in [1.82, 2.24) is 49.2 Å². The van der Waals surface area contributed by atoms with Gasteiger partial charge in [0.15, 0.2) is 0 Å². The molecule has 0 saturated carbocycles. The van der Waals surface area contributed by atoms with Gasteiger partial charge in [-0.15, -0.1) is 0 Å². The molecule has 0 bridgehead atoms. The minimum atomic E-state index is -0.0478. The molecule has 10 heterocycles. The van der Waals surface area contributed by atoms with Gasteiger partial charge in [0.2, 0.25) is 0 Å². The molecule has 4 atom stereocenters. The van der Waals surface area contributed by atoms with E-state index in [4.69, 9.17) is 15.0 Å². The van der Waals surface area contributed by atoms with E-state index in [0.29, 0.717) is 24.9 Å². The largest absolute Gasteiger partial charge is 0.355 e. The van der Waals surface area contributed by atoms with Crippen LogP contribution in [0.2, 0.25) is 0 Å². The van der Waals surface area contributed by atoms with Gasteiger partial charge in [0.05, 0.1) is 46.9 Å². The number of aryl methyl sites for hydroxylation is 2. The minimum absolute atomic E-state index is 0. The van der Waals surface area contributed by atoms with Gasteiger partial charge in [-0.2, -0.15) is 0 Å². The average molecular weight is 827 g/mol. The number of Topliss-reactive ketones (excluding diaryl/α,β-unsaturated/α-hetero) is 1. The highest BCUT2D eigenvalue weighted by atomic mass is 16.1. The fraction of sp³-hybridized carbons (Fsp3) is 0.479. The molecular formula is C48H66N12O. The van der Waals surface area contributed by atoms with Crippen LogP contribution < -0.4 is 20.4 Å². The maximum atomic E-state index is 12.7. The number of anilines is 2. The second-order valence-corrected chi connectivity index (χ2v) is 16.7. The normalized spacial score (nSPS) is 22.7. The smallest absolute Gasteiger partial charge is 0.138 e. The van der Waals surface area contributed by atoms with Crippen molar-refractivity contribution < 1.29 is 4.79 Å². The summed E-state index contributed by atoms with van der Waals surface area (Å²) < 4.78 is 4.46. The number of hydrogen-bond donors (Lipinski definition) is 2. The molecule has 2 N–H and O–H groups in total. The summed E-state index contributed by atoms with van der Waals surface area (Å²) in [5.41, 5.74) is 8.70. The Morgan fingerprint density at radius 1 is 0.574 bits per heavy atom. The average Bonchev–Trinajstić information content (AvgIpc) is 3.91. The fourth-order valence-electron chi connectivity index (χ4n) is 9.79. The summed E-state index contributed by atoms with van der Waals surface area (Å²) in [7, 11) is 4.33. The quantitative estimate of drug-likeness (QED) is 0.179. The predicted octanol–water partition coefficient (Wildman–Crippen LogP) is 7.14. The molecule has 0 aromatic carbocycles. The van der Waals surface area contributed by atoms with Crippen LogP contribution in [0.15, 0.2) is 85.5 Å². The van der Waals surface area contributed by atoms with Crippen molar-refractivity contribution in [1.29, 1.82) is 0 Å². The van der Waals surface area contributed by atoms with Gasteiger partial charge in [0, 0.05) is 90.0 Å². The summed E-state index contributed by atoms with van der Waals surface area (Å²) in [6.07, 6.45) is 12.6. The van der Waals surface area contributed by atoms with Gasteiger partial charge in [-0.1, -0.05) is 39.1 Å². The highest BCUT2D eigenvalue weighted by Gasteiger charge is 2.37. The molecule has 61 heavy (non-hydrogen) atoms. The zero-order chi connectivity index (χ0) is 40.5. The summed E-state index contributed by atoms with van der Waals surface area (Å²) >= 11 is 0. The summed E-state index contributed by atoms with van der Waals surface area (Å²) in [5.74, 6) is 2.68. The van der Waals surface area contributed by atoms with E-state index < -0.39 is 0 Å². The lowest BCUT2D eigenvalue weighted by atomic mass is 9.90. The summed E-state index contributed by atoms with van der Waals surface area (Å²) in [6, 6.07) is 21.6. The Morgan fingerprint density at radius 2 is 1.03 bits per heavy atom. The molecule has 0 aliphatic carbocycles. The van der Waals surface area contributed by atoms with Gasteiger partial charge in [0.1, 0.15) is 28.7 Å². The molecular weight excluding hydrogens is 761 g/mol. The molecule has 4 aliphatic heterocycles. The van der Waals surface area contributed by atoms with Crippen molar-refractivity contribution in [3.63, 3.8) is 0 Å². The van der Waals surface area contributed by atoms with Crippen LogP contribution in [0.25, 0.3) is 11.3 Å². The van der Waals surface area contributed by atoms with Crippen molar-refractivity contribution in [3.8, 4) is 0 Å². The molecule has 4 fully saturated rings. The van der Waals surface area contributed by atoms with Gasteiger partial charge in [-0.25, -0.2) is 9.97 Å². The van der Waals surface area contributed by atoms with E-state index in [-0.39, 0.29) is 32.7 Å². The number of fused-ring (bicyclic) bond motifs is 2. The molecule has 2 unspecified atom stereocenters. The Bertz CT molecular complexity index is 2390. The van der Waals surface area contributed by atoms with Crippen molar-refractivity contribution in [3.05, 3.63) is 119 Å². The molecule has 0 amide bonds. The number of hydrogen-bond acceptors (Lipinski definition) is 11. The number of nitrogens with one attached hydrogen (secondary N) is 2. The zero-order valence-electron chi connectivity index (χ0n) is 35.0. The first kappa shape index (κ1) is 43.9. The number of likely N-dealkylation sites (tertiary alicyclic amines) is 2. The Labute approximate surface area is 362 Å². The standard InChI is InChI=1S/C23H28N6O.C23H30N6.2CH4/c1-16-5-4-8-25-23(16)20-14-17(30)13-19(27(20)2)18-15-29-21(26-18)6-3-7-22(29)28-11-9-24-10-12-28;1-17-6-5-11-25-23(17)20-8-3-7-19(27(20)2)18-16-29-21(26-18)9-4-10-22(29)28-14-12-24-13-15-28;;/h3-8,15,19-20,24H,9-14H2,1-2H3;4-6,9-11,16,19-20,24H,3,7-8,12-15H2,1-2H3;2*1H4/t;19-,20+;;/m.1../s1. The predicted molar refractivity (Wildman–Crippen MR) is 247 cm³/mol. The summed E-state index contributed by atoms with van der Waals surface area (Å²) in [4.78, 5) is 41.6. The van der Waals surface area contributed by atoms with Crippen LogP contribution in [0.5, 0.6) is 0 Å². The van der Waals surface area contributed by atoms with Gasteiger partial charge in [-0.05, 0) is 94.7 Å². The van der Waals surface area contributed by atoms with Crippen molar-refractivity contribution >= 4 is 28.7 Å². The van der Waals surface area contributed by atoms with E-state index in [9.17, 15) is 4.79 Å². The number of carbonyl (C=O) groups is 1. The first-order valence-electron chi connectivity index (χ1n) is 21.5. The number of pyridine rings is 4. The Morgan fingerprint density at radius 3 is 1.56 bits per heavy atom. The number of rotatable bonds is 6. The van der Waals surface area contributed by atoms with Crippen LogP contribution in [0.4, 0.5) is 11.6 Å². The Kier molecular flexibility index (Phi) is 13.8. The summed E-state index contributed by atoms with van der Waals surface area (Å²) in [6.45, 7) is 12.3. The maximum Gasteiger partial charge on any atom is 0.138 e. The maximum absolute atomic E-state index is 12.7. The van der Waals surface area contributed by atoms with Crippen LogP contribution >= 0.6 is 0 Å². The molecule has 4 aliphatic rings. The van der Waals surface area contributed by atoms with E-state index in [1.165, 1.54) is 29.2 Å². The highest BCUT2D eigenvalue weighted by Crippen LogP contribution is 2.41. The first-order valence-corrected chi connectivity index (χ1v) is 21.5. The molecule has 0 spiro atoms. The van der Waals surface area contributed by atoms with Crippen LogP contribution in [0.1, 0.15) is 105 Å². The van der Waals surface area contributed by atoms with Gasteiger partial charge < -0.3 is 20.4 Å². The number of ketones is 1. The van der Waals surface area contributed by atoms with Crippen molar-refractivity contribution in [2.24, 2.45) is 0 Å². The molecule has 10 rings (SSSR count). The molecule has 6 aromatic heterocycles. The number of piperazine rings is 2. The lowest BCUT2D eigenvalue weighted by Gasteiger charge is -2.39. The SMILES string of the molecule is C.C.Cc1cccnc1C1CC(=O)CC(c2cn3c(N4CCNCC4)cccc3n2)N1C.Cc1cccnc1[C@@H]1CCC[C@H](c2cn3c(N4CCNCC4)cccc3n2)N1C. The third-order valence-electron chi connectivity index (χ3n) is 13.0. The Hall–Kier alpha value is -5.21. The van der Waals surface area contributed by atoms with Crippen molar-refractivity contribution in [2.45, 2.75) is 85.0 Å². The number of aromatic nitrogens is 6. The van der Waals surface area contributed by atoms with E-state index in [1.54, 1.807) is 0 Å². The number of carbonyl (C=O) groups excluding carboxylic acids is 1. The lowest BCUT2D eigenvalue weighted by molar-refractivity contribution is -0.125. The van der Waals surface area contributed by atoms with Gasteiger partial charge >= 0.3 is 0 Å². The van der Waals surface area contributed by atoms with E-state index >= 15 is 0 Å². The second-order valence-electron chi connectivity index (χ2n) is 16.7. The fourth-order valence-corrected chi connectivity index (χ4v) is 9.79. The molecule has 6 aromatic rings. The third kappa shape index (κ3) is 8.93. The number of piperidine rings is 2. The van der Waals surface area contributed by atoms with E-state index in [0.717, 1.165) is 99.3 Å². The third-order valence-corrected chi connectivity index (χ3v) is 13.0. The molecule has 13 nitrogen and oxygen atoms in total. The Balaban J connectivity index is 0.000000178. The molecule has 0 radical (unpaired) electrons. The van der Waals surface area contributed by atoms with Crippen LogP contribution in [-0.4, -0.2) is 111 Å². The number of imidazole rings is 2.